The lowest BCUT2D eigenvalue weighted by molar-refractivity contribution is -0.123. The van der Waals surface area contributed by atoms with Gasteiger partial charge in [-0.2, -0.15) is 0 Å². The molecule has 16 heavy (non-hydrogen) atoms. The standard InChI is InChI=1S/C8H10.C6H14O2/c1-7-5-3-4-6-8(7)2;1-4-7-6(3)8-5-2/h3-6H,1-2H3;6H,4-5H2,1-3H3. The molecule has 2 heteroatoms. The van der Waals surface area contributed by atoms with Crippen LogP contribution >= 0.6 is 0 Å². The minimum atomic E-state index is -0.0370. The molecule has 0 unspecified atom stereocenters. The summed E-state index contributed by atoms with van der Waals surface area (Å²) in [5.74, 6) is 0. The normalized spacial score (nSPS) is 9.88. The molecule has 2 nitrogen and oxygen atoms in total. The number of aryl methyl sites for hydroxylation is 2. The summed E-state index contributed by atoms with van der Waals surface area (Å²) in [4.78, 5) is 0. The van der Waals surface area contributed by atoms with Crippen molar-refractivity contribution >= 4 is 0 Å². The van der Waals surface area contributed by atoms with Gasteiger partial charge in [-0.05, 0) is 45.7 Å². The maximum absolute atomic E-state index is 5.06. The Labute approximate surface area is 99.6 Å². The van der Waals surface area contributed by atoms with E-state index in [1.807, 2.05) is 20.8 Å². The number of ether oxygens (including phenoxy) is 2. The Morgan fingerprint density at radius 1 is 0.938 bits per heavy atom. The predicted molar refractivity (Wildman–Crippen MR) is 68.6 cm³/mol. The third kappa shape index (κ3) is 7.43. The Hall–Kier alpha value is -0.860. The molecule has 0 spiro atoms. The average Bonchev–Trinajstić information content (AvgIpc) is 2.24. The third-order valence-corrected chi connectivity index (χ3v) is 2.23. The van der Waals surface area contributed by atoms with Crippen LogP contribution in [-0.4, -0.2) is 19.5 Å². The molecule has 0 radical (unpaired) electrons. The summed E-state index contributed by atoms with van der Waals surface area (Å²) in [5, 5.41) is 0. The maximum atomic E-state index is 5.06. The molecule has 0 saturated heterocycles. The van der Waals surface area contributed by atoms with Crippen molar-refractivity contribution in [3.8, 4) is 0 Å². The number of hydrogen-bond acceptors (Lipinski definition) is 2. The monoisotopic (exact) mass is 224 g/mol. The fraction of sp³-hybridized carbons (Fsp3) is 0.571. The van der Waals surface area contributed by atoms with E-state index in [0.717, 1.165) is 13.2 Å². The van der Waals surface area contributed by atoms with E-state index >= 15 is 0 Å². The average molecular weight is 224 g/mol. The molecular formula is C14H24O2. The van der Waals surface area contributed by atoms with Crippen LogP contribution in [0.25, 0.3) is 0 Å². The van der Waals surface area contributed by atoms with E-state index in [9.17, 15) is 0 Å². The van der Waals surface area contributed by atoms with Crippen LogP contribution in [0, 0.1) is 13.8 Å². The van der Waals surface area contributed by atoms with E-state index in [0.29, 0.717) is 0 Å². The zero-order valence-electron chi connectivity index (χ0n) is 11.1. The van der Waals surface area contributed by atoms with Gasteiger partial charge in [0, 0.05) is 13.2 Å². The van der Waals surface area contributed by atoms with Gasteiger partial charge in [0.1, 0.15) is 0 Å². The zero-order valence-corrected chi connectivity index (χ0v) is 11.1. The van der Waals surface area contributed by atoms with E-state index in [-0.39, 0.29) is 6.29 Å². The topological polar surface area (TPSA) is 18.5 Å². The molecule has 0 heterocycles. The Balaban J connectivity index is 0.000000281. The molecular weight excluding hydrogens is 200 g/mol. The maximum Gasteiger partial charge on any atom is 0.154 e. The second kappa shape index (κ2) is 9.37. The van der Waals surface area contributed by atoms with Gasteiger partial charge in [-0.25, -0.2) is 0 Å². The summed E-state index contributed by atoms with van der Waals surface area (Å²) in [6, 6.07) is 8.36. The molecule has 0 aromatic heterocycles. The molecule has 1 aromatic rings. The lowest BCUT2D eigenvalue weighted by Crippen LogP contribution is -2.11. The Kier molecular flexibility index (Phi) is 8.87. The second-order valence-corrected chi connectivity index (χ2v) is 3.56. The van der Waals surface area contributed by atoms with Crippen molar-refractivity contribution < 1.29 is 9.47 Å². The van der Waals surface area contributed by atoms with Crippen LogP contribution in [-0.2, 0) is 9.47 Å². The van der Waals surface area contributed by atoms with Crippen LogP contribution in [0.3, 0.4) is 0 Å². The van der Waals surface area contributed by atoms with Crippen LogP contribution in [0.2, 0.25) is 0 Å². The zero-order chi connectivity index (χ0) is 12.4. The highest BCUT2D eigenvalue weighted by Gasteiger charge is 1.94. The Morgan fingerprint density at radius 2 is 1.31 bits per heavy atom. The highest BCUT2D eigenvalue weighted by atomic mass is 16.7. The summed E-state index contributed by atoms with van der Waals surface area (Å²) >= 11 is 0. The molecule has 0 saturated carbocycles. The van der Waals surface area contributed by atoms with Crippen molar-refractivity contribution in [1.29, 1.82) is 0 Å². The molecule has 0 aliphatic carbocycles. The summed E-state index contributed by atoms with van der Waals surface area (Å²) in [5.41, 5.74) is 2.74. The smallest absolute Gasteiger partial charge is 0.154 e. The van der Waals surface area contributed by atoms with E-state index < -0.39 is 0 Å². The molecule has 0 fully saturated rings. The van der Waals surface area contributed by atoms with Gasteiger partial charge < -0.3 is 9.47 Å². The van der Waals surface area contributed by atoms with Gasteiger partial charge in [0.05, 0.1) is 0 Å². The van der Waals surface area contributed by atoms with Crippen LogP contribution in [0.5, 0.6) is 0 Å². The second-order valence-electron chi connectivity index (χ2n) is 3.56. The highest BCUT2D eigenvalue weighted by molar-refractivity contribution is 5.23. The molecule has 1 rings (SSSR count). The summed E-state index contributed by atoms with van der Waals surface area (Å²) in [7, 11) is 0. The summed E-state index contributed by atoms with van der Waals surface area (Å²) in [6.45, 7) is 11.5. The van der Waals surface area contributed by atoms with Gasteiger partial charge >= 0.3 is 0 Å². The highest BCUT2D eigenvalue weighted by Crippen LogP contribution is 2.02. The molecule has 1 aromatic carbocycles. The van der Waals surface area contributed by atoms with Gasteiger partial charge in [-0.1, -0.05) is 24.3 Å². The number of hydrogen-bond donors (Lipinski definition) is 0. The molecule has 92 valence electrons. The van der Waals surface area contributed by atoms with Gasteiger partial charge in [-0.15, -0.1) is 0 Å². The first kappa shape index (κ1) is 15.1. The van der Waals surface area contributed by atoms with Gasteiger partial charge in [0.15, 0.2) is 6.29 Å². The summed E-state index contributed by atoms with van der Waals surface area (Å²) < 4.78 is 10.1. The molecule has 0 aliphatic rings. The van der Waals surface area contributed by atoms with E-state index in [2.05, 4.69) is 38.1 Å². The molecule has 0 bridgehead atoms. The number of benzene rings is 1. The SMILES string of the molecule is CCOC(C)OCC.Cc1ccccc1C. The van der Waals surface area contributed by atoms with Gasteiger partial charge in [0.2, 0.25) is 0 Å². The fourth-order valence-electron chi connectivity index (χ4n) is 1.18. The minimum Gasteiger partial charge on any atom is -0.353 e. The van der Waals surface area contributed by atoms with Crippen molar-refractivity contribution in [2.75, 3.05) is 13.2 Å². The van der Waals surface area contributed by atoms with Crippen molar-refractivity contribution in [3.05, 3.63) is 35.4 Å². The first-order valence-corrected chi connectivity index (χ1v) is 5.87. The van der Waals surface area contributed by atoms with Crippen molar-refractivity contribution in [1.82, 2.24) is 0 Å². The first-order valence-electron chi connectivity index (χ1n) is 5.87. The van der Waals surface area contributed by atoms with Gasteiger partial charge in [0.25, 0.3) is 0 Å². The summed E-state index contributed by atoms with van der Waals surface area (Å²) in [6.07, 6.45) is -0.0370. The van der Waals surface area contributed by atoms with Crippen molar-refractivity contribution in [3.63, 3.8) is 0 Å². The fourth-order valence-corrected chi connectivity index (χ4v) is 1.18. The first-order chi connectivity index (χ1) is 7.61. The Morgan fingerprint density at radius 3 is 1.56 bits per heavy atom. The van der Waals surface area contributed by atoms with E-state index in [1.54, 1.807) is 0 Å². The predicted octanol–water partition coefficient (Wildman–Crippen LogP) is 3.71. The lowest BCUT2D eigenvalue weighted by atomic mass is 10.1. The van der Waals surface area contributed by atoms with E-state index in [1.165, 1.54) is 11.1 Å². The third-order valence-electron chi connectivity index (χ3n) is 2.23. The van der Waals surface area contributed by atoms with E-state index in [4.69, 9.17) is 9.47 Å². The Bertz CT molecular complexity index is 244. The van der Waals surface area contributed by atoms with Crippen LogP contribution in [0.1, 0.15) is 31.9 Å². The number of rotatable bonds is 4. The minimum absolute atomic E-state index is 0.0370. The molecule has 0 atom stereocenters. The van der Waals surface area contributed by atoms with Gasteiger partial charge in [-0.3, -0.25) is 0 Å². The molecule has 0 aliphatic heterocycles. The van der Waals surface area contributed by atoms with Crippen LogP contribution < -0.4 is 0 Å². The molecule has 0 N–H and O–H groups in total. The quantitative estimate of drug-likeness (QED) is 0.726. The largest absolute Gasteiger partial charge is 0.353 e. The van der Waals surface area contributed by atoms with Crippen LogP contribution in [0.4, 0.5) is 0 Å². The van der Waals surface area contributed by atoms with Crippen LogP contribution in [0.15, 0.2) is 24.3 Å². The van der Waals surface area contributed by atoms with Crippen molar-refractivity contribution in [2.24, 2.45) is 0 Å². The van der Waals surface area contributed by atoms with Crippen molar-refractivity contribution in [2.45, 2.75) is 40.9 Å². The lowest BCUT2D eigenvalue weighted by Gasteiger charge is -2.09. The molecule has 0 amide bonds.